The molecule has 0 saturated carbocycles. The molecule has 0 unspecified atom stereocenters. The van der Waals surface area contributed by atoms with Crippen LogP contribution in [-0.2, 0) is 0 Å². The van der Waals surface area contributed by atoms with Gasteiger partial charge in [-0.15, -0.1) is 0 Å². The summed E-state index contributed by atoms with van der Waals surface area (Å²) >= 11 is 0. The number of aromatic nitrogens is 3. The van der Waals surface area contributed by atoms with Crippen molar-refractivity contribution in [2.24, 2.45) is 0 Å². The molecule has 1 aliphatic rings. The van der Waals surface area contributed by atoms with Crippen LogP contribution in [0.4, 0.5) is 0 Å². The second kappa shape index (κ2) is 8.48. The summed E-state index contributed by atoms with van der Waals surface area (Å²) in [6, 6.07) is 48.0. The van der Waals surface area contributed by atoms with Gasteiger partial charge in [0.05, 0.1) is 16.7 Å². The van der Waals surface area contributed by atoms with Crippen molar-refractivity contribution in [3.05, 3.63) is 140 Å². The molecule has 0 radical (unpaired) electrons. The predicted octanol–water partition coefficient (Wildman–Crippen LogP) is 9.71. The fourth-order valence-electron chi connectivity index (χ4n) is 6.62. The molecule has 5 aromatic carbocycles. The largest absolute Gasteiger partial charge is 0.309 e. The van der Waals surface area contributed by atoms with E-state index in [2.05, 4.69) is 137 Å². The van der Waals surface area contributed by atoms with E-state index in [-0.39, 0.29) is 0 Å². The lowest BCUT2D eigenvalue weighted by Gasteiger charge is -2.23. The van der Waals surface area contributed by atoms with Gasteiger partial charge in [0.2, 0.25) is 0 Å². The SMILES string of the molecule is c1ccc2c(c1)-c1cc(-n3c4ccccc4c4ccccc43)ccc1-c1ccccc1-c1nc3ncccc3cc1-2. The first-order valence-corrected chi connectivity index (χ1v) is 13.9. The number of benzene rings is 5. The third-order valence-electron chi connectivity index (χ3n) is 8.41. The molecule has 0 amide bonds. The summed E-state index contributed by atoms with van der Waals surface area (Å²) in [6.45, 7) is 0. The van der Waals surface area contributed by atoms with Crippen LogP contribution < -0.4 is 0 Å². The summed E-state index contributed by atoms with van der Waals surface area (Å²) < 4.78 is 2.40. The van der Waals surface area contributed by atoms with Gasteiger partial charge in [0.25, 0.3) is 0 Å². The fourth-order valence-corrected chi connectivity index (χ4v) is 6.62. The number of nitrogens with zero attached hydrogens (tertiary/aromatic N) is 3. The molecule has 0 saturated heterocycles. The van der Waals surface area contributed by atoms with Gasteiger partial charge in [0.15, 0.2) is 5.65 Å². The average molecular weight is 522 g/mol. The third kappa shape index (κ3) is 3.20. The van der Waals surface area contributed by atoms with Crippen molar-refractivity contribution in [2.45, 2.75) is 0 Å². The van der Waals surface area contributed by atoms with E-state index in [0.29, 0.717) is 0 Å². The summed E-state index contributed by atoms with van der Waals surface area (Å²) in [7, 11) is 0. The number of hydrogen-bond donors (Lipinski definition) is 0. The molecule has 41 heavy (non-hydrogen) atoms. The van der Waals surface area contributed by atoms with E-state index in [1.165, 1.54) is 49.6 Å². The van der Waals surface area contributed by atoms with Crippen molar-refractivity contribution < 1.29 is 0 Å². The number of fused-ring (bicyclic) bond motifs is 12. The van der Waals surface area contributed by atoms with E-state index >= 15 is 0 Å². The van der Waals surface area contributed by atoms with Gasteiger partial charge in [-0.05, 0) is 70.3 Å². The Bertz CT molecular complexity index is 2270. The van der Waals surface area contributed by atoms with E-state index in [0.717, 1.165) is 33.5 Å². The molecule has 0 aliphatic heterocycles. The van der Waals surface area contributed by atoms with Gasteiger partial charge in [-0.3, -0.25) is 0 Å². The molecule has 190 valence electrons. The van der Waals surface area contributed by atoms with Gasteiger partial charge in [-0.2, -0.15) is 0 Å². The van der Waals surface area contributed by atoms with Crippen molar-refractivity contribution >= 4 is 32.8 Å². The zero-order valence-corrected chi connectivity index (χ0v) is 22.1. The van der Waals surface area contributed by atoms with Gasteiger partial charge in [-0.25, -0.2) is 9.97 Å². The minimum Gasteiger partial charge on any atom is -0.309 e. The lowest BCUT2D eigenvalue weighted by Crippen LogP contribution is -2.01. The van der Waals surface area contributed by atoms with Crippen LogP contribution in [0.15, 0.2) is 140 Å². The zero-order valence-electron chi connectivity index (χ0n) is 22.1. The van der Waals surface area contributed by atoms with E-state index in [9.17, 15) is 0 Å². The highest BCUT2D eigenvalue weighted by Crippen LogP contribution is 2.48. The van der Waals surface area contributed by atoms with Crippen LogP contribution >= 0.6 is 0 Å². The normalized spacial score (nSPS) is 11.9. The molecular weight excluding hydrogens is 498 g/mol. The Kier molecular flexibility index (Phi) is 4.61. The van der Waals surface area contributed by atoms with Crippen LogP contribution in [0.25, 0.3) is 83.2 Å². The standard InChI is InChI=1S/C38H23N3/c1-2-13-28-27(12-1)33-23-25(41-35-17-7-5-14-30(35)31-15-6-8-18-36(31)41)19-20-29(33)26-11-3-4-16-32(26)37-34(28)22-24-10-9-21-39-38(24)40-37/h1-23H. The predicted molar refractivity (Wildman–Crippen MR) is 169 cm³/mol. The molecule has 0 N–H and O–H groups in total. The van der Waals surface area contributed by atoms with Crippen molar-refractivity contribution in [3.8, 4) is 50.3 Å². The van der Waals surface area contributed by atoms with Gasteiger partial charge in [-0.1, -0.05) is 91.0 Å². The van der Waals surface area contributed by atoms with Crippen molar-refractivity contribution in [1.82, 2.24) is 14.5 Å². The Morgan fingerprint density at radius 3 is 1.76 bits per heavy atom. The van der Waals surface area contributed by atoms with Crippen molar-refractivity contribution in [2.75, 3.05) is 0 Å². The maximum Gasteiger partial charge on any atom is 0.159 e. The van der Waals surface area contributed by atoms with Gasteiger partial charge in [0.1, 0.15) is 0 Å². The van der Waals surface area contributed by atoms with Crippen molar-refractivity contribution in [1.29, 1.82) is 0 Å². The number of rotatable bonds is 1. The highest BCUT2D eigenvalue weighted by molar-refractivity contribution is 6.10. The van der Waals surface area contributed by atoms with E-state index < -0.39 is 0 Å². The van der Waals surface area contributed by atoms with Gasteiger partial charge < -0.3 is 4.57 Å². The quantitative estimate of drug-likeness (QED) is 0.215. The summed E-state index contributed by atoms with van der Waals surface area (Å²) in [5.41, 5.74) is 13.5. The summed E-state index contributed by atoms with van der Waals surface area (Å²) in [5.74, 6) is 0. The Morgan fingerprint density at radius 2 is 1.02 bits per heavy atom. The zero-order chi connectivity index (χ0) is 26.9. The van der Waals surface area contributed by atoms with Crippen LogP contribution in [0.1, 0.15) is 0 Å². The highest BCUT2D eigenvalue weighted by Gasteiger charge is 2.24. The fraction of sp³-hybridized carbons (Fsp3) is 0. The van der Waals surface area contributed by atoms with E-state index in [1.807, 2.05) is 12.3 Å². The lowest BCUT2D eigenvalue weighted by molar-refractivity contribution is 1.18. The summed E-state index contributed by atoms with van der Waals surface area (Å²) in [6.07, 6.45) is 1.82. The minimum absolute atomic E-state index is 0.765. The van der Waals surface area contributed by atoms with Crippen LogP contribution in [0.3, 0.4) is 0 Å². The Balaban J connectivity index is 1.40. The molecule has 1 aliphatic carbocycles. The Hall–Kier alpha value is -5.54. The van der Waals surface area contributed by atoms with Crippen LogP contribution in [0, 0.1) is 0 Å². The van der Waals surface area contributed by atoms with Crippen LogP contribution in [0.2, 0.25) is 0 Å². The second-order valence-corrected chi connectivity index (χ2v) is 10.6. The van der Waals surface area contributed by atoms with Crippen LogP contribution in [-0.4, -0.2) is 14.5 Å². The molecule has 0 atom stereocenters. The smallest absolute Gasteiger partial charge is 0.159 e. The molecule has 0 bridgehead atoms. The van der Waals surface area contributed by atoms with E-state index in [1.54, 1.807) is 0 Å². The molecule has 0 spiro atoms. The molecule has 9 rings (SSSR count). The topological polar surface area (TPSA) is 30.7 Å². The molecule has 3 heteroatoms. The first kappa shape index (κ1) is 22.3. The maximum atomic E-state index is 5.14. The molecule has 8 aromatic rings. The minimum atomic E-state index is 0.765. The molecular formula is C38H23N3. The van der Waals surface area contributed by atoms with Gasteiger partial charge >= 0.3 is 0 Å². The Labute approximate surface area is 237 Å². The number of hydrogen-bond acceptors (Lipinski definition) is 2. The Morgan fingerprint density at radius 1 is 0.439 bits per heavy atom. The monoisotopic (exact) mass is 521 g/mol. The first-order chi connectivity index (χ1) is 20.3. The number of para-hydroxylation sites is 2. The second-order valence-electron chi connectivity index (χ2n) is 10.6. The molecule has 3 nitrogen and oxygen atoms in total. The van der Waals surface area contributed by atoms with Crippen molar-refractivity contribution in [3.63, 3.8) is 0 Å². The maximum absolute atomic E-state index is 5.14. The molecule has 3 aromatic heterocycles. The summed E-state index contributed by atoms with van der Waals surface area (Å²) in [4.78, 5) is 9.73. The molecule has 3 heterocycles. The summed E-state index contributed by atoms with van der Waals surface area (Å²) in [5, 5.41) is 3.57. The third-order valence-corrected chi connectivity index (χ3v) is 8.41. The van der Waals surface area contributed by atoms with Crippen LogP contribution in [0.5, 0.6) is 0 Å². The number of pyridine rings is 2. The molecule has 0 fully saturated rings. The van der Waals surface area contributed by atoms with Gasteiger partial charge in [0, 0.05) is 39.2 Å². The average Bonchev–Trinajstić information content (AvgIpc) is 3.38. The highest BCUT2D eigenvalue weighted by atomic mass is 15.0. The van der Waals surface area contributed by atoms with E-state index in [4.69, 9.17) is 4.98 Å². The first-order valence-electron chi connectivity index (χ1n) is 13.9. The lowest BCUT2D eigenvalue weighted by atomic mass is 9.82.